The van der Waals surface area contributed by atoms with Gasteiger partial charge in [-0.1, -0.05) is 6.92 Å². The maximum absolute atomic E-state index is 12.7. The van der Waals surface area contributed by atoms with Gasteiger partial charge in [0.15, 0.2) is 0 Å². The van der Waals surface area contributed by atoms with Crippen molar-refractivity contribution in [2.24, 2.45) is 0 Å². The Labute approximate surface area is 176 Å². The van der Waals surface area contributed by atoms with Crippen molar-refractivity contribution in [2.75, 3.05) is 23.4 Å². The zero-order valence-electron chi connectivity index (χ0n) is 16.5. The molecule has 0 aliphatic carbocycles. The topological polar surface area (TPSA) is 110 Å². The van der Waals surface area contributed by atoms with Crippen molar-refractivity contribution >= 4 is 38.8 Å². The molecule has 0 bridgehead atoms. The van der Waals surface area contributed by atoms with E-state index < -0.39 is 10.8 Å². The molecule has 0 atom stereocenters. The normalized spacial score (nSPS) is 14.1. The van der Waals surface area contributed by atoms with Crippen LogP contribution in [0.4, 0.5) is 11.4 Å². The van der Waals surface area contributed by atoms with Crippen LogP contribution in [0.2, 0.25) is 0 Å². The minimum atomic E-state index is -0.613. The fraction of sp³-hybridized carbons (Fsp3) is 0.350. The average molecular weight is 427 g/mol. The van der Waals surface area contributed by atoms with Gasteiger partial charge in [-0.05, 0) is 43.9 Å². The van der Waals surface area contributed by atoms with E-state index in [-0.39, 0.29) is 16.8 Å². The van der Waals surface area contributed by atoms with E-state index in [0.29, 0.717) is 15.9 Å². The first-order chi connectivity index (χ1) is 14.5. The third kappa shape index (κ3) is 3.78. The number of nitrogens with zero attached hydrogens (tertiary/aromatic N) is 4. The van der Waals surface area contributed by atoms with Crippen molar-refractivity contribution in [2.45, 2.75) is 32.6 Å². The van der Waals surface area contributed by atoms with E-state index in [2.05, 4.69) is 10.4 Å². The number of anilines is 1. The van der Waals surface area contributed by atoms with Crippen molar-refractivity contribution in [1.82, 2.24) is 9.66 Å². The lowest BCUT2D eigenvalue weighted by atomic mass is 10.1. The molecule has 4 rings (SSSR count). The molecule has 1 N–H and O–H groups in total. The van der Waals surface area contributed by atoms with Crippen LogP contribution in [0.5, 0.6) is 0 Å². The third-order valence-electron chi connectivity index (χ3n) is 5.20. The van der Waals surface area contributed by atoms with Crippen LogP contribution in [0.3, 0.4) is 0 Å². The quantitative estimate of drug-likeness (QED) is 0.494. The van der Waals surface area contributed by atoms with Crippen LogP contribution in [-0.4, -0.2) is 33.6 Å². The van der Waals surface area contributed by atoms with E-state index in [1.165, 1.54) is 23.7 Å². The molecule has 2 aromatic heterocycles. The second-order valence-corrected chi connectivity index (χ2v) is 8.27. The van der Waals surface area contributed by atoms with Crippen LogP contribution in [-0.2, 0) is 6.42 Å². The fourth-order valence-corrected chi connectivity index (χ4v) is 4.54. The first-order valence-corrected chi connectivity index (χ1v) is 10.6. The zero-order valence-corrected chi connectivity index (χ0v) is 17.3. The summed E-state index contributed by atoms with van der Waals surface area (Å²) in [4.78, 5) is 44.3. The van der Waals surface area contributed by atoms with Crippen molar-refractivity contribution in [3.05, 3.63) is 61.5 Å². The molecule has 1 fully saturated rings. The summed E-state index contributed by atoms with van der Waals surface area (Å²) >= 11 is 1.44. The van der Waals surface area contributed by atoms with E-state index in [4.69, 9.17) is 0 Å². The number of thiophene rings is 1. The van der Waals surface area contributed by atoms with E-state index >= 15 is 0 Å². The minimum Gasteiger partial charge on any atom is -0.366 e. The summed E-state index contributed by atoms with van der Waals surface area (Å²) in [7, 11) is 0. The molecule has 0 saturated carbocycles. The number of hydrogen-bond acceptors (Lipinski definition) is 7. The molecule has 3 heterocycles. The lowest BCUT2D eigenvalue weighted by Gasteiger charge is -2.28. The zero-order chi connectivity index (χ0) is 21.3. The number of carbonyl (C=O) groups excluding carboxylic acids is 1. The Hall–Kier alpha value is -3.27. The van der Waals surface area contributed by atoms with Gasteiger partial charge < -0.3 is 4.90 Å². The number of amides is 1. The number of hydrogen-bond donors (Lipinski definition) is 1. The van der Waals surface area contributed by atoms with Crippen LogP contribution in [0.1, 0.15) is 41.4 Å². The first kappa shape index (κ1) is 20.0. The summed E-state index contributed by atoms with van der Waals surface area (Å²) in [5.74, 6) is -0.613. The molecule has 10 heteroatoms. The molecule has 1 aliphatic heterocycles. The largest absolute Gasteiger partial charge is 0.366 e. The van der Waals surface area contributed by atoms with Crippen molar-refractivity contribution in [3.63, 3.8) is 0 Å². The maximum Gasteiger partial charge on any atom is 0.293 e. The molecule has 0 radical (unpaired) electrons. The molecule has 9 nitrogen and oxygen atoms in total. The van der Waals surface area contributed by atoms with Gasteiger partial charge in [0.05, 0.1) is 10.3 Å². The number of nitrogens with one attached hydrogen (secondary N) is 1. The number of benzene rings is 1. The molecule has 1 amide bonds. The Balaban J connectivity index is 1.62. The molecule has 156 valence electrons. The van der Waals surface area contributed by atoms with Crippen molar-refractivity contribution < 1.29 is 9.72 Å². The molecule has 3 aromatic rings. The fourth-order valence-electron chi connectivity index (χ4n) is 3.61. The lowest BCUT2D eigenvalue weighted by Crippen LogP contribution is -2.33. The molecular weight excluding hydrogens is 406 g/mol. The van der Waals surface area contributed by atoms with Gasteiger partial charge in [-0.25, -0.2) is 9.66 Å². The summed E-state index contributed by atoms with van der Waals surface area (Å²) in [6, 6.07) is 6.18. The molecule has 1 aliphatic rings. The monoisotopic (exact) mass is 427 g/mol. The Morgan fingerprint density at radius 3 is 2.73 bits per heavy atom. The number of aryl methyl sites for hydroxylation is 1. The van der Waals surface area contributed by atoms with Crippen LogP contribution in [0.15, 0.2) is 35.4 Å². The Bertz CT molecular complexity index is 1180. The van der Waals surface area contributed by atoms with Crippen LogP contribution in [0, 0.1) is 10.1 Å². The van der Waals surface area contributed by atoms with Gasteiger partial charge in [-0.2, -0.15) is 0 Å². The van der Waals surface area contributed by atoms with Crippen LogP contribution >= 0.6 is 11.3 Å². The van der Waals surface area contributed by atoms with Crippen LogP contribution in [0.25, 0.3) is 10.2 Å². The first-order valence-electron chi connectivity index (χ1n) is 9.82. The molecule has 1 saturated heterocycles. The van der Waals surface area contributed by atoms with E-state index in [0.717, 1.165) is 48.3 Å². The predicted molar refractivity (Wildman–Crippen MR) is 116 cm³/mol. The summed E-state index contributed by atoms with van der Waals surface area (Å²) in [5, 5.41) is 12.0. The Kier molecular flexibility index (Phi) is 5.49. The van der Waals surface area contributed by atoms with Crippen molar-refractivity contribution in [3.8, 4) is 0 Å². The SMILES string of the molecule is CCc1cc2c(=O)n(NC(=O)c3ccc(N4CCCCC4)c([N+](=O)[O-])c3)cnc2s1. The second kappa shape index (κ2) is 8.23. The number of carbonyl (C=O) groups is 1. The molecule has 0 unspecified atom stereocenters. The number of aromatic nitrogens is 2. The Morgan fingerprint density at radius 2 is 2.03 bits per heavy atom. The lowest BCUT2D eigenvalue weighted by molar-refractivity contribution is -0.384. The summed E-state index contributed by atoms with van der Waals surface area (Å²) in [6.45, 7) is 3.51. The highest BCUT2D eigenvalue weighted by atomic mass is 32.1. The highest BCUT2D eigenvalue weighted by Crippen LogP contribution is 2.31. The smallest absolute Gasteiger partial charge is 0.293 e. The summed E-state index contributed by atoms with van der Waals surface area (Å²) in [5.41, 5.74) is 2.60. The molecule has 0 spiro atoms. The number of rotatable bonds is 5. The molecule has 30 heavy (non-hydrogen) atoms. The van der Waals surface area contributed by atoms with Gasteiger partial charge in [-0.3, -0.25) is 25.1 Å². The number of nitro benzene ring substituents is 1. The predicted octanol–water partition coefficient (Wildman–Crippen LogP) is 3.30. The van der Waals surface area contributed by atoms with Gasteiger partial charge in [0, 0.05) is 29.6 Å². The summed E-state index contributed by atoms with van der Waals surface area (Å²) in [6.07, 6.45) is 5.14. The average Bonchev–Trinajstić information content (AvgIpc) is 3.20. The highest BCUT2D eigenvalue weighted by Gasteiger charge is 2.23. The van der Waals surface area contributed by atoms with Gasteiger partial charge in [-0.15, -0.1) is 11.3 Å². The minimum absolute atomic E-state index is 0.106. The van der Waals surface area contributed by atoms with Gasteiger partial charge in [0.25, 0.3) is 17.2 Å². The maximum atomic E-state index is 12.7. The number of piperidine rings is 1. The standard InChI is InChI=1S/C20H21N5O4S/c1-2-14-11-15-19(30-14)21-12-24(20(15)27)22-18(26)13-6-7-16(17(10-13)25(28)29)23-8-4-3-5-9-23/h6-7,10-12H,2-5,8-9H2,1H3,(H,22,26). The molecule has 1 aromatic carbocycles. The summed E-state index contributed by atoms with van der Waals surface area (Å²) < 4.78 is 1.02. The number of fused-ring (bicyclic) bond motifs is 1. The molecular formula is C20H21N5O4S. The van der Waals surface area contributed by atoms with E-state index in [1.54, 1.807) is 18.2 Å². The van der Waals surface area contributed by atoms with Crippen molar-refractivity contribution in [1.29, 1.82) is 0 Å². The second-order valence-electron chi connectivity index (χ2n) is 7.15. The van der Waals surface area contributed by atoms with E-state index in [9.17, 15) is 19.7 Å². The third-order valence-corrected chi connectivity index (χ3v) is 6.39. The Morgan fingerprint density at radius 1 is 1.27 bits per heavy atom. The van der Waals surface area contributed by atoms with E-state index in [1.807, 2.05) is 11.8 Å². The van der Waals surface area contributed by atoms with Crippen LogP contribution < -0.4 is 15.9 Å². The van der Waals surface area contributed by atoms with Gasteiger partial charge >= 0.3 is 0 Å². The van der Waals surface area contributed by atoms with Gasteiger partial charge in [0.2, 0.25) is 0 Å². The number of nitro groups is 1. The highest BCUT2D eigenvalue weighted by molar-refractivity contribution is 7.18. The van der Waals surface area contributed by atoms with Gasteiger partial charge in [0.1, 0.15) is 16.8 Å².